The highest BCUT2D eigenvalue weighted by molar-refractivity contribution is 5.52. The van der Waals surface area contributed by atoms with Gasteiger partial charge in [-0.1, -0.05) is 20.8 Å². The third kappa shape index (κ3) is 3.24. The van der Waals surface area contributed by atoms with Crippen molar-refractivity contribution in [2.45, 2.75) is 46.6 Å². The van der Waals surface area contributed by atoms with Gasteiger partial charge in [0.1, 0.15) is 0 Å². The molecule has 98 valence electrons. The second-order valence-electron chi connectivity index (χ2n) is 5.17. The number of hydrogen-bond donors (Lipinski definition) is 1. The minimum Gasteiger partial charge on any atom is -0.270 e. The molecule has 1 atom stereocenters. The molecule has 0 spiro atoms. The number of nitrogens with one attached hydrogen (secondary N) is 1. The first-order valence-electron chi connectivity index (χ1n) is 6.37. The zero-order valence-electron chi connectivity index (χ0n) is 11.9. The van der Waals surface area contributed by atoms with E-state index >= 15 is 0 Å². The van der Waals surface area contributed by atoms with Crippen molar-refractivity contribution >= 4 is 5.69 Å². The summed E-state index contributed by atoms with van der Waals surface area (Å²) in [6.07, 6.45) is 0.937. The quantitative estimate of drug-likeness (QED) is 0.798. The Kier molecular flexibility index (Phi) is 4.75. The smallest absolute Gasteiger partial charge is 0.0991 e. The molecule has 0 amide bonds. The van der Waals surface area contributed by atoms with Crippen LogP contribution in [0, 0.1) is 24.2 Å². The van der Waals surface area contributed by atoms with E-state index in [2.05, 4.69) is 39.2 Å². The van der Waals surface area contributed by atoms with Crippen molar-refractivity contribution in [1.82, 2.24) is 0 Å². The number of benzene rings is 1. The van der Waals surface area contributed by atoms with Crippen molar-refractivity contribution in [3.05, 3.63) is 29.3 Å². The maximum absolute atomic E-state index is 8.82. The molecule has 1 rings (SSSR count). The zero-order chi connectivity index (χ0) is 13.8. The molecule has 0 radical (unpaired) electrons. The Morgan fingerprint density at radius 2 is 2.11 bits per heavy atom. The van der Waals surface area contributed by atoms with Crippen LogP contribution in [0.3, 0.4) is 0 Å². The summed E-state index contributed by atoms with van der Waals surface area (Å²) >= 11 is 0. The molecule has 3 heteroatoms. The minimum atomic E-state index is -0.194. The summed E-state index contributed by atoms with van der Waals surface area (Å²) in [6.45, 7) is 10.5. The molecule has 0 saturated carbocycles. The van der Waals surface area contributed by atoms with E-state index in [0.29, 0.717) is 11.5 Å². The molecule has 1 unspecified atom stereocenters. The highest BCUT2D eigenvalue weighted by Gasteiger charge is 2.28. The lowest BCUT2D eigenvalue weighted by Gasteiger charge is -2.32. The van der Waals surface area contributed by atoms with Gasteiger partial charge in [0.25, 0.3) is 0 Å². The number of nitrogens with zero attached hydrogens (tertiary/aromatic N) is 1. The normalized spacial score (nSPS) is 14.1. The fraction of sp³-hybridized carbons (Fsp3) is 0.533. The first-order chi connectivity index (χ1) is 8.42. The SMILES string of the molecule is CCC(C)(ONc1ccc(C#N)cc1C)C(C)C. The lowest BCUT2D eigenvalue weighted by atomic mass is 9.90. The predicted molar refractivity (Wildman–Crippen MR) is 74.1 cm³/mol. The summed E-state index contributed by atoms with van der Waals surface area (Å²) in [5.74, 6) is 0.425. The average molecular weight is 246 g/mol. The van der Waals surface area contributed by atoms with E-state index in [4.69, 9.17) is 10.1 Å². The van der Waals surface area contributed by atoms with Gasteiger partial charge < -0.3 is 0 Å². The Morgan fingerprint density at radius 3 is 2.56 bits per heavy atom. The van der Waals surface area contributed by atoms with Crippen LogP contribution in [-0.2, 0) is 4.84 Å². The van der Waals surface area contributed by atoms with Gasteiger partial charge in [-0.3, -0.25) is 10.3 Å². The molecule has 0 aliphatic heterocycles. The number of hydrogen-bond acceptors (Lipinski definition) is 3. The first kappa shape index (κ1) is 14.5. The van der Waals surface area contributed by atoms with Crippen molar-refractivity contribution in [1.29, 1.82) is 5.26 Å². The van der Waals surface area contributed by atoms with Crippen LogP contribution in [0.15, 0.2) is 18.2 Å². The van der Waals surface area contributed by atoms with Crippen molar-refractivity contribution in [2.75, 3.05) is 5.48 Å². The first-order valence-corrected chi connectivity index (χ1v) is 6.37. The Hall–Kier alpha value is -1.53. The largest absolute Gasteiger partial charge is 0.270 e. The van der Waals surface area contributed by atoms with Crippen LogP contribution in [0.1, 0.15) is 45.2 Å². The maximum Gasteiger partial charge on any atom is 0.0991 e. The number of anilines is 1. The van der Waals surface area contributed by atoms with Gasteiger partial charge in [0.15, 0.2) is 0 Å². The number of aryl methyl sites for hydroxylation is 1. The van der Waals surface area contributed by atoms with Gasteiger partial charge in [0.2, 0.25) is 0 Å². The molecule has 0 aromatic heterocycles. The van der Waals surface area contributed by atoms with E-state index < -0.39 is 0 Å². The van der Waals surface area contributed by atoms with Gasteiger partial charge in [-0.2, -0.15) is 5.26 Å². The molecule has 3 nitrogen and oxygen atoms in total. The van der Waals surface area contributed by atoms with Crippen molar-refractivity contribution in [2.24, 2.45) is 5.92 Å². The molecule has 18 heavy (non-hydrogen) atoms. The molecule has 0 bridgehead atoms. The van der Waals surface area contributed by atoms with E-state index in [1.165, 1.54) is 0 Å². The Balaban J connectivity index is 2.78. The van der Waals surface area contributed by atoms with Crippen molar-refractivity contribution < 1.29 is 4.84 Å². The third-order valence-electron chi connectivity index (χ3n) is 3.67. The second kappa shape index (κ2) is 5.88. The number of rotatable bonds is 5. The molecular weight excluding hydrogens is 224 g/mol. The van der Waals surface area contributed by atoms with Crippen LogP contribution >= 0.6 is 0 Å². The summed E-state index contributed by atoms with van der Waals surface area (Å²) in [5.41, 5.74) is 5.42. The summed E-state index contributed by atoms with van der Waals surface area (Å²) in [6, 6.07) is 7.65. The molecule has 0 heterocycles. The maximum atomic E-state index is 8.82. The fourth-order valence-corrected chi connectivity index (χ4v) is 1.62. The highest BCUT2D eigenvalue weighted by Crippen LogP contribution is 2.26. The van der Waals surface area contributed by atoms with E-state index in [9.17, 15) is 0 Å². The summed E-state index contributed by atoms with van der Waals surface area (Å²) in [5, 5.41) is 8.82. The Bertz CT molecular complexity index is 448. The second-order valence-corrected chi connectivity index (χ2v) is 5.17. The van der Waals surface area contributed by atoms with Crippen LogP contribution in [0.4, 0.5) is 5.69 Å². The molecule has 1 N–H and O–H groups in total. The summed E-state index contributed by atoms with van der Waals surface area (Å²) in [7, 11) is 0. The van der Waals surface area contributed by atoms with E-state index in [1.54, 1.807) is 6.07 Å². The van der Waals surface area contributed by atoms with Gasteiger partial charge in [-0.05, 0) is 49.9 Å². The molecule has 0 saturated heterocycles. The van der Waals surface area contributed by atoms with Gasteiger partial charge in [0.05, 0.1) is 22.9 Å². The van der Waals surface area contributed by atoms with Crippen LogP contribution < -0.4 is 5.48 Å². The van der Waals surface area contributed by atoms with E-state index in [1.807, 2.05) is 19.1 Å². The average Bonchev–Trinajstić information content (AvgIpc) is 2.36. The van der Waals surface area contributed by atoms with Gasteiger partial charge in [-0.15, -0.1) is 0 Å². The Labute approximate surface area is 110 Å². The van der Waals surface area contributed by atoms with Crippen LogP contribution in [-0.4, -0.2) is 5.60 Å². The van der Waals surface area contributed by atoms with Crippen LogP contribution in [0.5, 0.6) is 0 Å². The minimum absolute atomic E-state index is 0.194. The van der Waals surface area contributed by atoms with Crippen molar-refractivity contribution in [3.8, 4) is 6.07 Å². The molecule has 0 fully saturated rings. The molecule has 1 aromatic rings. The zero-order valence-corrected chi connectivity index (χ0v) is 11.9. The van der Waals surface area contributed by atoms with Crippen LogP contribution in [0.2, 0.25) is 0 Å². The number of nitriles is 1. The predicted octanol–water partition coefficient (Wildman–Crippen LogP) is 4.03. The van der Waals surface area contributed by atoms with E-state index in [0.717, 1.165) is 17.7 Å². The molecule has 0 aliphatic rings. The fourth-order valence-electron chi connectivity index (χ4n) is 1.62. The standard InChI is InChI=1S/C15H22N2O/c1-6-15(5,11(2)3)18-17-14-8-7-13(10-16)9-12(14)4/h7-9,11,17H,6H2,1-5H3. The third-order valence-corrected chi connectivity index (χ3v) is 3.67. The van der Waals surface area contributed by atoms with Gasteiger partial charge in [-0.25, -0.2) is 0 Å². The molecule has 0 aliphatic carbocycles. The molecule has 1 aromatic carbocycles. The lowest BCUT2D eigenvalue weighted by Crippen LogP contribution is -2.36. The lowest BCUT2D eigenvalue weighted by molar-refractivity contribution is -0.0362. The Morgan fingerprint density at radius 1 is 1.44 bits per heavy atom. The topological polar surface area (TPSA) is 45.0 Å². The summed E-state index contributed by atoms with van der Waals surface area (Å²) < 4.78 is 0. The highest BCUT2D eigenvalue weighted by atomic mass is 16.7. The van der Waals surface area contributed by atoms with Crippen molar-refractivity contribution in [3.63, 3.8) is 0 Å². The molecular formula is C15H22N2O. The van der Waals surface area contributed by atoms with E-state index in [-0.39, 0.29) is 5.60 Å². The van der Waals surface area contributed by atoms with Gasteiger partial charge >= 0.3 is 0 Å². The monoisotopic (exact) mass is 246 g/mol. The summed E-state index contributed by atoms with van der Waals surface area (Å²) in [4.78, 5) is 5.85. The van der Waals surface area contributed by atoms with Crippen LogP contribution in [0.25, 0.3) is 0 Å². The van der Waals surface area contributed by atoms with Gasteiger partial charge in [0, 0.05) is 0 Å².